The molecule has 3 N–H and O–H groups in total. The molecule has 11 nitrogen and oxygen atoms in total. The molecule has 0 atom stereocenters. The molecule has 1 fully saturated rings. The van der Waals surface area contributed by atoms with E-state index in [4.69, 9.17) is 13.9 Å². The van der Waals surface area contributed by atoms with Crippen molar-refractivity contribution in [2.24, 2.45) is 0 Å². The summed E-state index contributed by atoms with van der Waals surface area (Å²) in [5.41, 5.74) is 4.22. The molecule has 5 rings (SSSR count). The fourth-order valence-corrected chi connectivity index (χ4v) is 6.38. The maximum atomic E-state index is 15.4. The first-order chi connectivity index (χ1) is 23.7. The summed E-state index contributed by atoms with van der Waals surface area (Å²) in [6, 6.07) is 3.30. The fraction of sp³-hybridized carbons (Fsp3) is 0.432. The van der Waals surface area contributed by atoms with E-state index in [2.05, 4.69) is 51.2 Å². The summed E-state index contributed by atoms with van der Waals surface area (Å²) in [4.78, 5) is 35.6. The normalized spacial score (nSPS) is 15.2. The summed E-state index contributed by atoms with van der Waals surface area (Å²) >= 11 is 0. The molecular formula is C37H47FN6O5. The van der Waals surface area contributed by atoms with Crippen LogP contribution < -0.4 is 25.4 Å². The molecule has 2 aliphatic rings. The Kier molecular flexibility index (Phi) is 11.6. The Labute approximate surface area is 287 Å². The van der Waals surface area contributed by atoms with E-state index in [0.717, 1.165) is 69.5 Å². The van der Waals surface area contributed by atoms with Crippen molar-refractivity contribution in [1.82, 2.24) is 20.1 Å². The molecule has 2 aromatic heterocycles. The lowest BCUT2D eigenvalue weighted by Crippen LogP contribution is -2.46. The number of methoxy groups -OCH3 is 2. The van der Waals surface area contributed by atoms with Crippen molar-refractivity contribution >= 4 is 34.3 Å². The Hall–Kier alpha value is -4.84. The van der Waals surface area contributed by atoms with E-state index in [0.29, 0.717) is 46.8 Å². The highest BCUT2D eigenvalue weighted by atomic mass is 19.1. The van der Waals surface area contributed by atoms with Crippen molar-refractivity contribution in [3.8, 4) is 11.5 Å². The predicted octanol–water partition coefficient (Wildman–Crippen LogP) is 6.52. The number of likely N-dealkylation sites (N-methyl/N-ethyl adjacent to an activating group) is 1. The van der Waals surface area contributed by atoms with E-state index in [9.17, 15) is 9.59 Å². The number of anilines is 2. The second-order valence-electron chi connectivity index (χ2n) is 12.2. The first kappa shape index (κ1) is 35.5. The number of unbranched alkanes of at least 4 members (excludes halogenated alkanes) is 2. The number of aryl methyl sites for hydroxylation is 1. The number of pyridine rings is 1. The summed E-state index contributed by atoms with van der Waals surface area (Å²) in [6.45, 7) is 14.5. The molecule has 12 heteroatoms. The number of rotatable bonds is 14. The van der Waals surface area contributed by atoms with Gasteiger partial charge in [-0.25, -0.2) is 9.37 Å². The summed E-state index contributed by atoms with van der Waals surface area (Å²) in [6.07, 6.45) is 9.74. The Morgan fingerprint density at radius 1 is 1.06 bits per heavy atom. The average molecular weight is 675 g/mol. The number of hydrogen-bond donors (Lipinski definition) is 3. The second-order valence-corrected chi connectivity index (χ2v) is 12.2. The van der Waals surface area contributed by atoms with Crippen LogP contribution in [-0.2, 0) is 11.2 Å². The van der Waals surface area contributed by atoms with E-state index in [1.807, 2.05) is 12.1 Å². The van der Waals surface area contributed by atoms with E-state index in [1.165, 1.54) is 32.1 Å². The van der Waals surface area contributed by atoms with Gasteiger partial charge in [-0.15, -0.1) is 0 Å². The molecule has 0 spiro atoms. The number of fused-ring (bicyclic) bond motifs is 1. The highest BCUT2D eigenvalue weighted by Crippen LogP contribution is 2.37. The third-order valence-electron chi connectivity index (χ3n) is 9.25. The highest BCUT2D eigenvalue weighted by Gasteiger charge is 2.26. The van der Waals surface area contributed by atoms with Crippen molar-refractivity contribution < 1.29 is 27.9 Å². The molecule has 0 unspecified atom stereocenters. The largest absolute Gasteiger partial charge is 0.496 e. The van der Waals surface area contributed by atoms with Crippen LogP contribution in [0.3, 0.4) is 0 Å². The van der Waals surface area contributed by atoms with Crippen LogP contribution in [0.4, 0.5) is 15.9 Å². The predicted molar refractivity (Wildman–Crippen MR) is 189 cm³/mol. The van der Waals surface area contributed by atoms with Crippen LogP contribution >= 0.6 is 0 Å². The van der Waals surface area contributed by atoms with Crippen molar-refractivity contribution in [2.45, 2.75) is 59.3 Å². The number of aromatic nitrogens is 1. The molecule has 1 aliphatic heterocycles. The Morgan fingerprint density at radius 3 is 2.49 bits per heavy atom. The number of carbonyl (C=O) groups is 2. The zero-order chi connectivity index (χ0) is 35.1. The van der Waals surface area contributed by atoms with Crippen LogP contribution in [0.5, 0.6) is 11.5 Å². The Balaban J connectivity index is 1.47. The lowest BCUT2D eigenvalue weighted by Gasteiger charge is -2.38. The summed E-state index contributed by atoms with van der Waals surface area (Å²) in [5, 5.41) is 9.85. The highest BCUT2D eigenvalue weighted by molar-refractivity contribution is 6.07. The van der Waals surface area contributed by atoms with Gasteiger partial charge in [-0.2, -0.15) is 0 Å². The number of hydrogen-bond acceptors (Lipinski definition) is 9. The van der Waals surface area contributed by atoms with E-state index in [1.54, 1.807) is 13.1 Å². The van der Waals surface area contributed by atoms with Crippen molar-refractivity contribution in [1.29, 1.82) is 0 Å². The number of benzene rings is 1. The summed E-state index contributed by atoms with van der Waals surface area (Å²) < 4.78 is 32.0. The second kappa shape index (κ2) is 16.0. The van der Waals surface area contributed by atoms with Gasteiger partial charge in [0.25, 0.3) is 5.91 Å². The SMILES string of the molecule is C=CC(=O)NC1=C(Nc2cc3c(CCCCC)c(C(=O)Nc4c(C)c(OC)cc(OC)c4F)oc3cn2)CCC(N2CCN(CC)CC2)=C1. The number of halogens is 1. The first-order valence-electron chi connectivity index (χ1n) is 17.0. The minimum absolute atomic E-state index is 0.0420. The van der Waals surface area contributed by atoms with Gasteiger partial charge in [-0.05, 0) is 57.4 Å². The molecule has 1 aliphatic carbocycles. The van der Waals surface area contributed by atoms with E-state index >= 15 is 4.39 Å². The standard InChI is InChI=1S/C37H47FN6O5/c1-7-10-11-12-25-26-20-32(40-27-14-13-24(19-28(27)41-33(45)8-2)44-17-15-43(9-3)16-18-44)39-22-31(26)49-36(25)37(46)42-35-23(4)29(47-5)21-30(48-6)34(35)38/h8,19-22H,2,7,9-18H2,1,3-6H3,(H,39,40)(H,41,45)(H,42,46). The molecule has 3 aromatic rings. The summed E-state index contributed by atoms with van der Waals surface area (Å²) in [5.74, 6) is -0.615. The Morgan fingerprint density at radius 2 is 1.82 bits per heavy atom. The van der Waals surface area contributed by atoms with Crippen LogP contribution in [0.2, 0.25) is 0 Å². The van der Waals surface area contributed by atoms with E-state index < -0.39 is 11.7 Å². The quantitative estimate of drug-likeness (QED) is 0.130. The van der Waals surface area contributed by atoms with Gasteiger partial charge in [0.1, 0.15) is 11.6 Å². The maximum Gasteiger partial charge on any atom is 0.291 e. The van der Waals surface area contributed by atoms with Gasteiger partial charge in [0.15, 0.2) is 22.9 Å². The lowest BCUT2D eigenvalue weighted by atomic mass is 10.0. The third-order valence-corrected chi connectivity index (χ3v) is 9.25. The number of piperazine rings is 1. The number of carbonyl (C=O) groups excluding carboxylic acids is 2. The monoisotopic (exact) mass is 674 g/mol. The number of nitrogens with zero attached hydrogens (tertiary/aromatic N) is 3. The molecule has 262 valence electrons. The number of nitrogens with one attached hydrogen (secondary N) is 3. The third kappa shape index (κ3) is 7.91. The van der Waals surface area contributed by atoms with Gasteiger partial charge in [-0.3, -0.25) is 9.59 Å². The minimum atomic E-state index is -0.702. The van der Waals surface area contributed by atoms with Crippen molar-refractivity contribution in [2.75, 3.05) is 57.6 Å². The van der Waals surface area contributed by atoms with Crippen molar-refractivity contribution in [3.63, 3.8) is 0 Å². The van der Waals surface area contributed by atoms with Crippen molar-refractivity contribution in [3.05, 3.63) is 76.9 Å². The van der Waals surface area contributed by atoms with Gasteiger partial charge in [-0.1, -0.05) is 33.3 Å². The van der Waals surface area contributed by atoms with Gasteiger partial charge < -0.3 is 39.6 Å². The zero-order valence-electron chi connectivity index (χ0n) is 29.1. The fourth-order valence-electron chi connectivity index (χ4n) is 6.38. The zero-order valence-corrected chi connectivity index (χ0v) is 29.1. The van der Waals surface area contributed by atoms with Crippen LogP contribution in [0.25, 0.3) is 11.0 Å². The van der Waals surface area contributed by atoms with Crippen LogP contribution in [0, 0.1) is 12.7 Å². The Bertz CT molecular complexity index is 1740. The molecule has 3 heterocycles. The maximum absolute atomic E-state index is 15.4. The molecule has 0 radical (unpaired) electrons. The number of furan rings is 1. The van der Waals surface area contributed by atoms with Crippen LogP contribution in [0.15, 0.2) is 58.6 Å². The number of amides is 2. The minimum Gasteiger partial charge on any atom is -0.496 e. The molecule has 0 saturated carbocycles. The average Bonchev–Trinajstić information content (AvgIpc) is 3.48. The lowest BCUT2D eigenvalue weighted by molar-refractivity contribution is -0.115. The molecule has 49 heavy (non-hydrogen) atoms. The number of ether oxygens (including phenoxy) is 2. The number of allylic oxidation sites excluding steroid dienone is 3. The molecule has 0 bridgehead atoms. The topological polar surface area (TPSA) is 121 Å². The van der Waals surface area contributed by atoms with Gasteiger partial charge in [0, 0.05) is 60.2 Å². The smallest absolute Gasteiger partial charge is 0.291 e. The van der Waals surface area contributed by atoms with Crippen LogP contribution in [-0.4, -0.2) is 73.5 Å². The molecule has 2 amide bonds. The van der Waals surface area contributed by atoms with E-state index in [-0.39, 0.29) is 23.1 Å². The van der Waals surface area contributed by atoms with Gasteiger partial charge in [0.2, 0.25) is 5.91 Å². The summed E-state index contributed by atoms with van der Waals surface area (Å²) in [7, 11) is 2.82. The van der Waals surface area contributed by atoms with Crippen LogP contribution in [0.1, 0.15) is 67.6 Å². The van der Waals surface area contributed by atoms with Gasteiger partial charge in [0.05, 0.1) is 31.8 Å². The molecule has 1 aromatic carbocycles. The first-order valence-corrected chi connectivity index (χ1v) is 17.0. The van der Waals surface area contributed by atoms with Gasteiger partial charge >= 0.3 is 0 Å². The molecule has 1 saturated heterocycles. The molecular weight excluding hydrogens is 627 g/mol.